The minimum Gasteiger partial charge on any atom is -0.496 e. The number of benzene rings is 3. The van der Waals surface area contributed by atoms with Crippen molar-refractivity contribution >= 4 is 21.6 Å². The van der Waals surface area contributed by atoms with Gasteiger partial charge in [0.25, 0.3) is 15.9 Å². The maximum absolute atomic E-state index is 13.2. The van der Waals surface area contributed by atoms with Crippen LogP contribution < -0.4 is 14.4 Å². The van der Waals surface area contributed by atoms with E-state index in [0.717, 1.165) is 28.9 Å². The van der Waals surface area contributed by atoms with Crippen LogP contribution in [0.15, 0.2) is 71.6 Å². The number of aryl methyl sites for hydroxylation is 2. The highest BCUT2D eigenvalue weighted by molar-refractivity contribution is 7.92. The van der Waals surface area contributed by atoms with Crippen LogP contribution in [0.4, 0.5) is 5.69 Å². The number of amides is 1. The molecule has 0 saturated carbocycles. The molecule has 166 valence electrons. The third-order valence-corrected chi connectivity index (χ3v) is 7.49. The van der Waals surface area contributed by atoms with Gasteiger partial charge in [0.1, 0.15) is 5.75 Å². The van der Waals surface area contributed by atoms with Gasteiger partial charge in [-0.2, -0.15) is 0 Å². The molecule has 3 aromatic rings. The van der Waals surface area contributed by atoms with Crippen LogP contribution in [0.25, 0.3) is 0 Å². The van der Waals surface area contributed by atoms with E-state index in [1.165, 1.54) is 4.31 Å². The normalized spacial score (nSPS) is 13.4. The van der Waals surface area contributed by atoms with Crippen molar-refractivity contribution in [3.8, 4) is 5.75 Å². The quantitative estimate of drug-likeness (QED) is 0.614. The van der Waals surface area contributed by atoms with Gasteiger partial charge in [-0.3, -0.25) is 9.10 Å². The number of carbonyl (C=O) groups is 1. The van der Waals surface area contributed by atoms with Gasteiger partial charge < -0.3 is 10.1 Å². The Kier molecular flexibility index (Phi) is 6.19. The number of nitrogens with one attached hydrogen (secondary N) is 1. The molecule has 0 spiro atoms. The summed E-state index contributed by atoms with van der Waals surface area (Å²) in [5.74, 6) is 0.507. The van der Waals surface area contributed by atoms with Crippen molar-refractivity contribution < 1.29 is 17.9 Å². The van der Waals surface area contributed by atoms with E-state index >= 15 is 0 Å². The van der Waals surface area contributed by atoms with Crippen LogP contribution in [0.1, 0.15) is 33.5 Å². The Balaban J connectivity index is 1.55. The summed E-state index contributed by atoms with van der Waals surface area (Å²) in [6.07, 6.45) is 1.42. The van der Waals surface area contributed by atoms with E-state index in [9.17, 15) is 13.2 Å². The van der Waals surface area contributed by atoms with Crippen molar-refractivity contribution in [3.05, 3.63) is 89.0 Å². The van der Waals surface area contributed by atoms with E-state index < -0.39 is 10.0 Å². The molecule has 1 aliphatic heterocycles. The number of nitrogens with zero attached hydrogens (tertiary/aromatic N) is 1. The van der Waals surface area contributed by atoms with Crippen molar-refractivity contribution in [2.75, 3.05) is 18.0 Å². The second-order valence-corrected chi connectivity index (χ2v) is 9.69. The number of carbonyl (C=O) groups excluding carboxylic acids is 1. The summed E-state index contributed by atoms with van der Waals surface area (Å²) in [6.45, 7) is 2.68. The monoisotopic (exact) mass is 450 g/mol. The molecular formula is C25H26N2O4S. The number of rotatable bonds is 6. The Morgan fingerprint density at radius 3 is 2.56 bits per heavy atom. The largest absolute Gasteiger partial charge is 0.496 e. The lowest BCUT2D eigenvalue weighted by molar-refractivity contribution is 0.0950. The number of sulfonamides is 1. The Bertz CT molecular complexity index is 1240. The van der Waals surface area contributed by atoms with Crippen LogP contribution in [0.3, 0.4) is 0 Å². The van der Waals surface area contributed by atoms with Gasteiger partial charge >= 0.3 is 0 Å². The summed E-state index contributed by atoms with van der Waals surface area (Å²) in [4.78, 5) is 13.0. The van der Waals surface area contributed by atoms with E-state index in [-0.39, 0.29) is 10.8 Å². The molecule has 4 rings (SSSR count). The zero-order valence-corrected chi connectivity index (χ0v) is 19.0. The van der Waals surface area contributed by atoms with Crippen molar-refractivity contribution in [1.82, 2.24) is 5.32 Å². The van der Waals surface area contributed by atoms with Gasteiger partial charge in [-0.05, 0) is 61.7 Å². The van der Waals surface area contributed by atoms with Crippen molar-refractivity contribution in [3.63, 3.8) is 0 Å². The second-order valence-electron chi connectivity index (χ2n) is 7.83. The van der Waals surface area contributed by atoms with Gasteiger partial charge in [0.15, 0.2) is 0 Å². The third-order valence-electron chi connectivity index (χ3n) is 5.66. The second kappa shape index (κ2) is 9.04. The van der Waals surface area contributed by atoms with Gasteiger partial charge in [-0.15, -0.1) is 0 Å². The van der Waals surface area contributed by atoms with Crippen LogP contribution in [0.2, 0.25) is 0 Å². The minimum absolute atomic E-state index is 0.211. The number of methoxy groups -OCH3 is 1. The third kappa shape index (κ3) is 4.34. The smallest absolute Gasteiger partial charge is 0.264 e. The number of ether oxygens (including phenoxy) is 1. The summed E-state index contributed by atoms with van der Waals surface area (Å²) < 4.78 is 33.3. The fourth-order valence-corrected chi connectivity index (χ4v) is 5.46. The van der Waals surface area contributed by atoms with Crippen LogP contribution in [-0.2, 0) is 23.0 Å². The first-order valence-corrected chi connectivity index (χ1v) is 12.0. The lowest BCUT2D eigenvalue weighted by Gasteiger charge is -2.30. The standard InChI is InChI=1S/C25H26N2O4S/c1-18-9-12-22(13-10-18)32(29,30)27-15-5-7-19-16-20(11-14-23(19)27)25(28)26-17-21-6-3-4-8-24(21)31-2/h3-4,6,8-14,16H,5,7,15,17H2,1-2H3,(H,26,28). The van der Waals surface area contributed by atoms with Crippen LogP contribution in [0.5, 0.6) is 5.75 Å². The average Bonchev–Trinajstić information content (AvgIpc) is 2.82. The van der Waals surface area contributed by atoms with Gasteiger partial charge in [0, 0.05) is 24.2 Å². The lowest BCUT2D eigenvalue weighted by Crippen LogP contribution is -2.35. The summed E-state index contributed by atoms with van der Waals surface area (Å²) in [5.41, 5.74) is 3.90. The molecule has 1 N–H and O–H groups in total. The topological polar surface area (TPSA) is 75.7 Å². The van der Waals surface area contributed by atoms with Crippen molar-refractivity contribution in [1.29, 1.82) is 0 Å². The molecule has 1 amide bonds. The fourth-order valence-electron chi connectivity index (χ4n) is 3.92. The number of fused-ring (bicyclic) bond motifs is 1. The lowest BCUT2D eigenvalue weighted by atomic mass is 10.0. The summed E-state index contributed by atoms with van der Waals surface area (Å²) >= 11 is 0. The maximum Gasteiger partial charge on any atom is 0.264 e. The van der Waals surface area contributed by atoms with E-state index in [2.05, 4.69) is 5.32 Å². The SMILES string of the molecule is COc1ccccc1CNC(=O)c1ccc2c(c1)CCCN2S(=O)(=O)c1ccc(C)cc1. The summed E-state index contributed by atoms with van der Waals surface area (Å²) in [7, 11) is -2.06. The highest BCUT2D eigenvalue weighted by Gasteiger charge is 2.29. The first kappa shape index (κ1) is 21.9. The highest BCUT2D eigenvalue weighted by Crippen LogP contribution is 2.33. The first-order chi connectivity index (χ1) is 15.4. The van der Waals surface area contributed by atoms with Gasteiger partial charge in [0.2, 0.25) is 0 Å². The average molecular weight is 451 g/mol. The predicted molar refractivity (Wildman–Crippen MR) is 125 cm³/mol. The minimum atomic E-state index is -3.66. The zero-order valence-electron chi connectivity index (χ0n) is 18.2. The molecule has 6 nitrogen and oxygen atoms in total. The van der Waals surface area contributed by atoms with Gasteiger partial charge in [-0.1, -0.05) is 35.9 Å². The van der Waals surface area contributed by atoms with E-state index in [1.54, 1.807) is 49.6 Å². The molecule has 1 aliphatic rings. The molecule has 0 radical (unpaired) electrons. The fraction of sp³-hybridized carbons (Fsp3) is 0.240. The molecule has 1 heterocycles. The predicted octanol–water partition coefficient (Wildman–Crippen LogP) is 4.08. The zero-order chi connectivity index (χ0) is 22.7. The summed E-state index contributed by atoms with van der Waals surface area (Å²) in [5, 5.41) is 2.92. The molecule has 0 aliphatic carbocycles. The Morgan fingerprint density at radius 1 is 1.06 bits per heavy atom. The molecule has 3 aromatic carbocycles. The molecule has 0 aromatic heterocycles. The Hall–Kier alpha value is -3.32. The Labute approximate surface area is 188 Å². The van der Waals surface area contributed by atoms with Crippen LogP contribution >= 0.6 is 0 Å². The van der Waals surface area contributed by atoms with Gasteiger partial charge in [0.05, 0.1) is 17.7 Å². The molecule has 0 fully saturated rings. The highest BCUT2D eigenvalue weighted by atomic mass is 32.2. The number of hydrogen-bond donors (Lipinski definition) is 1. The van der Waals surface area contributed by atoms with E-state index in [1.807, 2.05) is 31.2 Å². The Morgan fingerprint density at radius 2 is 1.81 bits per heavy atom. The molecule has 0 saturated heterocycles. The van der Waals surface area contributed by atoms with E-state index in [0.29, 0.717) is 30.8 Å². The molecule has 32 heavy (non-hydrogen) atoms. The molecular weight excluding hydrogens is 424 g/mol. The van der Waals surface area contributed by atoms with Crippen molar-refractivity contribution in [2.24, 2.45) is 0 Å². The van der Waals surface area contributed by atoms with Crippen LogP contribution in [-0.4, -0.2) is 28.0 Å². The number of para-hydroxylation sites is 1. The summed E-state index contributed by atoms with van der Waals surface area (Å²) in [6, 6.07) is 19.6. The van der Waals surface area contributed by atoms with Crippen LogP contribution in [0, 0.1) is 6.92 Å². The first-order valence-electron chi connectivity index (χ1n) is 10.5. The van der Waals surface area contributed by atoms with Crippen molar-refractivity contribution in [2.45, 2.75) is 31.2 Å². The number of anilines is 1. The molecule has 7 heteroatoms. The number of hydrogen-bond acceptors (Lipinski definition) is 4. The molecule has 0 atom stereocenters. The molecule has 0 bridgehead atoms. The van der Waals surface area contributed by atoms with E-state index in [4.69, 9.17) is 4.74 Å². The maximum atomic E-state index is 13.2. The molecule has 0 unspecified atom stereocenters. The van der Waals surface area contributed by atoms with Gasteiger partial charge in [-0.25, -0.2) is 8.42 Å².